The fraction of sp³-hybridized carbons (Fsp3) is 0.0625. The lowest BCUT2D eigenvalue weighted by Crippen LogP contribution is -1.85. The molecule has 0 aliphatic heterocycles. The third-order valence-electron chi connectivity index (χ3n) is 3.03. The molecule has 0 aliphatic carbocycles. The summed E-state index contributed by atoms with van der Waals surface area (Å²) in [6, 6.07) is 14.9. The van der Waals surface area contributed by atoms with Gasteiger partial charge >= 0.3 is 0 Å². The molecule has 0 amide bonds. The number of aromatic hydroxyl groups is 1. The molecule has 4 heteroatoms. The summed E-state index contributed by atoms with van der Waals surface area (Å²) in [4.78, 5) is 5.44. The van der Waals surface area contributed by atoms with Crippen LogP contribution < -0.4 is 0 Å². The highest BCUT2D eigenvalue weighted by atomic mass is 32.2. The van der Waals surface area contributed by atoms with Gasteiger partial charge < -0.3 is 10.2 Å². The van der Waals surface area contributed by atoms with Crippen LogP contribution in [0.3, 0.4) is 0 Å². The molecule has 100 valence electrons. The fourth-order valence-electron chi connectivity index (χ4n) is 1.99. The summed E-state index contributed by atoms with van der Waals surface area (Å²) >= 11 is 1.54. The van der Waals surface area contributed by atoms with Gasteiger partial charge in [-0.15, -0.1) is 0 Å². The van der Waals surface area contributed by atoms with E-state index in [1.54, 1.807) is 30.1 Å². The summed E-state index contributed by atoms with van der Waals surface area (Å²) in [6.45, 7) is 0.0470. The Bertz CT molecular complexity index is 741. The van der Waals surface area contributed by atoms with E-state index in [9.17, 15) is 5.11 Å². The summed E-state index contributed by atoms with van der Waals surface area (Å²) in [5.74, 6) is 0.239. The number of fused-ring (bicyclic) bond motifs is 1. The first-order valence-electron chi connectivity index (χ1n) is 6.21. The van der Waals surface area contributed by atoms with E-state index in [0.717, 1.165) is 26.3 Å². The number of pyridine rings is 1. The van der Waals surface area contributed by atoms with E-state index in [-0.39, 0.29) is 12.4 Å². The van der Waals surface area contributed by atoms with Crippen LogP contribution in [-0.2, 0) is 6.61 Å². The number of nitrogens with zero attached hydrogens (tertiary/aromatic N) is 1. The number of rotatable bonds is 3. The van der Waals surface area contributed by atoms with E-state index in [1.165, 1.54) is 0 Å². The number of aliphatic hydroxyl groups is 1. The SMILES string of the molecule is OCc1ccc(Sc2nccc3ccc(O)cc23)cc1. The Morgan fingerprint density at radius 3 is 2.55 bits per heavy atom. The first-order valence-corrected chi connectivity index (χ1v) is 7.03. The minimum Gasteiger partial charge on any atom is -0.508 e. The van der Waals surface area contributed by atoms with Gasteiger partial charge in [0.2, 0.25) is 0 Å². The molecule has 3 rings (SSSR count). The van der Waals surface area contributed by atoms with Crippen LogP contribution in [0.15, 0.2) is 64.6 Å². The number of phenolic OH excluding ortho intramolecular Hbond substituents is 1. The van der Waals surface area contributed by atoms with Gasteiger partial charge in [0.25, 0.3) is 0 Å². The molecule has 0 atom stereocenters. The molecule has 3 aromatic rings. The number of phenols is 1. The van der Waals surface area contributed by atoms with Gasteiger partial charge in [0, 0.05) is 16.5 Å². The predicted octanol–water partition coefficient (Wildman–Crippen LogP) is 3.58. The molecule has 20 heavy (non-hydrogen) atoms. The number of benzene rings is 2. The van der Waals surface area contributed by atoms with E-state index < -0.39 is 0 Å². The van der Waals surface area contributed by atoms with Crippen LogP contribution >= 0.6 is 11.8 Å². The molecule has 0 unspecified atom stereocenters. The minimum atomic E-state index is 0.0470. The van der Waals surface area contributed by atoms with Crippen LogP contribution in [0, 0.1) is 0 Å². The van der Waals surface area contributed by atoms with Crippen molar-refractivity contribution in [1.29, 1.82) is 0 Å². The standard InChI is InChI=1S/C16H13NO2S/c18-10-11-1-5-14(6-2-11)20-16-15-9-13(19)4-3-12(15)7-8-17-16/h1-9,18-19H,10H2. The van der Waals surface area contributed by atoms with Gasteiger partial charge in [-0.25, -0.2) is 4.98 Å². The lowest BCUT2D eigenvalue weighted by molar-refractivity contribution is 0.282. The molecular weight excluding hydrogens is 270 g/mol. The van der Waals surface area contributed by atoms with Crippen LogP contribution in [0.25, 0.3) is 10.8 Å². The molecule has 2 N–H and O–H groups in total. The highest BCUT2D eigenvalue weighted by molar-refractivity contribution is 7.99. The molecule has 0 fully saturated rings. The second-order valence-corrected chi connectivity index (χ2v) is 5.49. The van der Waals surface area contributed by atoms with Crippen LogP contribution in [-0.4, -0.2) is 15.2 Å². The van der Waals surface area contributed by atoms with Crippen molar-refractivity contribution in [2.45, 2.75) is 16.5 Å². The Hall–Kier alpha value is -2.04. The van der Waals surface area contributed by atoms with Crippen LogP contribution in [0.4, 0.5) is 0 Å². The third kappa shape index (κ3) is 2.61. The topological polar surface area (TPSA) is 53.4 Å². The summed E-state index contributed by atoms with van der Waals surface area (Å²) < 4.78 is 0. The zero-order valence-corrected chi connectivity index (χ0v) is 11.5. The van der Waals surface area contributed by atoms with Crippen molar-refractivity contribution < 1.29 is 10.2 Å². The zero-order chi connectivity index (χ0) is 13.9. The molecule has 0 saturated carbocycles. The highest BCUT2D eigenvalue weighted by Gasteiger charge is 2.05. The van der Waals surface area contributed by atoms with Crippen molar-refractivity contribution in [3.8, 4) is 5.75 Å². The maximum atomic E-state index is 9.62. The molecule has 0 saturated heterocycles. The van der Waals surface area contributed by atoms with Gasteiger partial charge in [-0.1, -0.05) is 30.0 Å². The van der Waals surface area contributed by atoms with E-state index in [1.807, 2.05) is 36.4 Å². The van der Waals surface area contributed by atoms with E-state index in [0.29, 0.717) is 0 Å². The number of aliphatic hydroxyl groups excluding tert-OH is 1. The predicted molar refractivity (Wildman–Crippen MR) is 79.9 cm³/mol. The maximum Gasteiger partial charge on any atom is 0.116 e. The van der Waals surface area contributed by atoms with Gasteiger partial charge in [-0.2, -0.15) is 0 Å². The quantitative estimate of drug-likeness (QED) is 0.771. The molecule has 0 radical (unpaired) electrons. The second-order valence-electron chi connectivity index (χ2n) is 4.43. The van der Waals surface area contributed by atoms with Crippen molar-refractivity contribution in [1.82, 2.24) is 4.98 Å². The van der Waals surface area contributed by atoms with Crippen molar-refractivity contribution in [3.05, 3.63) is 60.3 Å². The second kappa shape index (κ2) is 5.53. The minimum absolute atomic E-state index is 0.0470. The molecule has 2 aromatic carbocycles. The number of hydrogen-bond donors (Lipinski definition) is 2. The molecule has 0 aliphatic rings. The van der Waals surface area contributed by atoms with E-state index in [4.69, 9.17) is 5.11 Å². The maximum absolute atomic E-state index is 9.62. The average molecular weight is 283 g/mol. The van der Waals surface area contributed by atoms with Gasteiger partial charge in [-0.05, 0) is 41.3 Å². The van der Waals surface area contributed by atoms with Crippen molar-refractivity contribution >= 4 is 22.5 Å². The van der Waals surface area contributed by atoms with Gasteiger partial charge in [0.15, 0.2) is 0 Å². The van der Waals surface area contributed by atoms with Crippen molar-refractivity contribution in [2.24, 2.45) is 0 Å². The van der Waals surface area contributed by atoms with E-state index >= 15 is 0 Å². The van der Waals surface area contributed by atoms with Crippen LogP contribution in [0.1, 0.15) is 5.56 Å². The molecule has 3 nitrogen and oxygen atoms in total. The molecular formula is C16H13NO2S. The Labute approximate surface area is 120 Å². The number of aromatic nitrogens is 1. The highest BCUT2D eigenvalue weighted by Crippen LogP contribution is 2.33. The summed E-state index contributed by atoms with van der Waals surface area (Å²) in [7, 11) is 0. The third-order valence-corrected chi connectivity index (χ3v) is 4.06. The first kappa shape index (κ1) is 13.0. The summed E-state index contributed by atoms with van der Waals surface area (Å²) in [6.07, 6.45) is 1.77. The van der Waals surface area contributed by atoms with Gasteiger partial charge in [-0.3, -0.25) is 0 Å². The number of hydrogen-bond acceptors (Lipinski definition) is 4. The fourth-order valence-corrected chi connectivity index (χ4v) is 2.88. The normalized spacial score (nSPS) is 10.8. The summed E-state index contributed by atoms with van der Waals surface area (Å²) in [5.41, 5.74) is 0.887. The Kier molecular flexibility index (Phi) is 3.58. The molecule has 0 bridgehead atoms. The molecule has 1 heterocycles. The average Bonchev–Trinajstić information content (AvgIpc) is 2.49. The van der Waals surface area contributed by atoms with Crippen molar-refractivity contribution in [2.75, 3.05) is 0 Å². The Morgan fingerprint density at radius 1 is 1.00 bits per heavy atom. The first-order chi connectivity index (χ1) is 9.76. The zero-order valence-electron chi connectivity index (χ0n) is 10.7. The molecule has 1 aromatic heterocycles. The monoisotopic (exact) mass is 283 g/mol. The lowest BCUT2D eigenvalue weighted by Gasteiger charge is -2.06. The van der Waals surface area contributed by atoms with Gasteiger partial charge in [0.05, 0.1) is 6.61 Å². The smallest absolute Gasteiger partial charge is 0.116 e. The van der Waals surface area contributed by atoms with Crippen LogP contribution in [0.5, 0.6) is 5.75 Å². The van der Waals surface area contributed by atoms with Crippen molar-refractivity contribution in [3.63, 3.8) is 0 Å². The molecule has 0 spiro atoms. The van der Waals surface area contributed by atoms with E-state index in [2.05, 4.69) is 4.98 Å². The summed E-state index contributed by atoms with van der Waals surface area (Å²) in [5, 5.41) is 21.5. The van der Waals surface area contributed by atoms with Gasteiger partial charge in [0.1, 0.15) is 10.8 Å². The lowest BCUT2D eigenvalue weighted by atomic mass is 10.2. The van der Waals surface area contributed by atoms with Crippen LogP contribution in [0.2, 0.25) is 0 Å². The Morgan fingerprint density at radius 2 is 1.80 bits per heavy atom. The largest absolute Gasteiger partial charge is 0.508 e. The Balaban J connectivity index is 1.99.